The van der Waals surface area contributed by atoms with Crippen LogP contribution in [0.5, 0.6) is 0 Å². The van der Waals surface area contributed by atoms with Crippen LogP contribution in [-0.2, 0) is 6.54 Å². The fraction of sp³-hybridized carbons (Fsp3) is 0.316. The van der Waals surface area contributed by atoms with Crippen molar-refractivity contribution in [2.45, 2.75) is 38.6 Å². The quantitative estimate of drug-likeness (QED) is 0.530. The Morgan fingerprint density at radius 1 is 1.21 bits per heavy atom. The molecule has 0 aromatic carbocycles. The van der Waals surface area contributed by atoms with Crippen molar-refractivity contribution in [3.63, 3.8) is 0 Å². The normalized spacial score (nSPS) is 15.2. The molecule has 1 aliphatic rings. The van der Waals surface area contributed by atoms with E-state index in [1.807, 2.05) is 28.4 Å². The van der Waals surface area contributed by atoms with E-state index in [1.165, 1.54) is 29.5 Å². The number of fused-ring (bicyclic) bond motifs is 2. The minimum atomic E-state index is 0.769. The molecule has 0 radical (unpaired) electrons. The lowest BCUT2D eigenvalue weighted by Gasteiger charge is -2.23. The molecule has 1 aliphatic carbocycles. The Balaban J connectivity index is 1.57. The molecular weight excluding hydrogens is 316 g/mol. The smallest absolute Gasteiger partial charge is 0.181 e. The Morgan fingerprint density at radius 3 is 2.92 bits per heavy atom. The summed E-state index contributed by atoms with van der Waals surface area (Å²) >= 11 is 1.85. The average molecular weight is 334 g/mol. The Hall–Kier alpha value is -2.27. The summed E-state index contributed by atoms with van der Waals surface area (Å²) in [5.41, 5.74) is 2.84. The van der Waals surface area contributed by atoms with Gasteiger partial charge < -0.3 is 0 Å². The Morgan fingerprint density at radius 2 is 2.12 bits per heavy atom. The molecule has 1 saturated carbocycles. The van der Waals surface area contributed by atoms with Gasteiger partial charge in [0.25, 0.3) is 0 Å². The second-order valence-corrected chi connectivity index (χ2v) is 7.55. The fourth-order valence-electron chi connectivity index (χ4n) is 3.26. The topological polar surface area (TPSA) is 43.6 Å². The average Bonchev–Trinajstić information content (AvgIpc) is 3.14. The van der Waals surface area contributed by atoms with Crippen molar-refractivity contribution in [2.24, 2.45) is 0 Å². The molecule has 0 aliphatic heterocycles. The zero-order valence-electron chi connectivity index (χ0n) is 13.6. The fourth-order valence-corrected chi connectivity index (χ4v) is 4.46. The van der Waals surface area contributed by atoms with Gasteiger partial charge in [-0.2, -0.15) is 5.10 Å². The number of aryl methyl sites for hydroxylation is 1. The van der Waals surface area contributed by atoms with Crippen LogP contribution in [0.25, 0.3) is 32.5 Å². The van der Waals surface area contributed by atoms with Crippen molar-refractivity contribution >= 4 is 32.6 Å². The standard InChI is InChI=1S/C19H18N4S/c1-2-23-11-15-8-14(10-20-18(15)22-23)16-7-6-13-9-17(12-4-3-5-12)24-19(13)21-16/h6-12H,2-5H2,1H3. The first-order chi connectivity index (χ1) is 11.8. The van der Waals surface area contributed by atoms with E-state index in [0.717, 1.165) is 39.6 Å². The maximum atomic E-state index is 4.89. The molecule has 4 aromatic heterocycles. The van der Waals surface area contributed by atoms with Crippen LogP contribution in [0, 0.1) is 0 Å². The van der Waals surface area contributed by atoms with E-state index in [4.69, 9.17) is 4.98 Å². The summed E-state index contributed by atoms with van der Waals surface area (Å²) < 4.78 is 1.92. The van der Waals surface area contributed by atoms with Gasteiger partial charge in [-0.15, -0.1) is 11.3 Å². The van der Waals surface area contributed by atoms with E-state index in [-0.39, 0.29) is 0 Å². The van der Waals surface area contributed by atoms with Crippen LogP contribution in [0.3, 0.4) is 0 Å². The van der Waals surface area contributed by atoms with Crippen molar-refractivity contribution in [1.82, 2.24) is 19.7 Å². The first-order valence-electron chi connectivity index (χ1n) is 8.54. The molecule has 120 valence electrons. The molecule has 0 saturated heterocycles. The number of rotatable bonds is 3. The molecule has 5 rings (SSSR count). The third-order valence-electron chi connectivity index (χ3n) is 4.94. The predicted molar refractivity (Wildman–Crippen MR) is 98.4 cm³/mol. The third kappa shape index (κ3) is 2.23. The maximum Gasteiger partial charge on any atom is 0.181 e. The molecule has 0 atom stereocenters. The number of hydrogen-bond acceptors (Lipinski definition) is 4. The summed E-state index contributed by atoms with van der Waals surface area (Å²) in [5.74, 6) is 0.769. The molecule has 0 bridgehead atoms. The van der Waals surface area contributed by atoms with Crippen LogP contribution >= 0.6 is 11.3 Å². The number of pyridine rings is 2. The Kier molecular flexibility index (Phi) is 3.16. The van der Waals surface area contributed by atoms with Crippen LogP contribution in [-0.4, -0.2) is 19.7 Å². The van der Waals surface area contributed by atoms with Crippen LogP contribution in [0.15, 0.2) is 36.7 Å². The van der Waals surface area contributed by atoms with Gasteiger partial charge in [-0.3, -0.25) is 4.68 Å². The second kappa shape index (κ2) is 5.38. The van der Waals surface area contributed by atoms with Crippen LogP contribution in [0.1, 0.15) is 37.0 Å². The van der Waals surface area contributed by atoms with Gasteiger partial charge in [-0.05, 0) is 49.9 Å². The van der Waals surface area contributed by atoms with Crippen molar-refractivity contribution in [1.29, 1.82) is 0 Å². The monoisotopic (exact) mass is 334 g/mol. The molecular formula is C19H18N4S. The van der Waals surface area contributed by atoms with Crippen LogP contribution in [0.4, 0.5) is 0 Å². The zero-order valence-corrected chi connectivity index (χ0v) is 14.4. The predicted octanol–water partition coefficient (Wildman–Crippen LogP) is 5.00. The molecule has 4 heterocycles. The molecule has 0 amide bonds. The van der Waals surface area contributed by atoms with Crippen LogP contribution < -0.4 is 0 Å². The van der Waals surface area contributed by atoms with Crippen molar-refractivity contribution in [3.8, 4) is 11.3 Å². The van der Waals surface area contributed by atoms with E-state index < -0.39 is 0 Å². The van der Waals surface area contributed by atoms with Gasteiger partial charge >= 0.3 is 0 Å². The summed E-state index contributed by atoms with van der Waals surface area (Å²) in [6.45, 7) is 2.94. The zero-order chi connectivity index (χ0) is 16.1. The van der Waals surface area contributed by atoms with Gasteiger partial charge in [0.1, 0.15) is 4.83 Å². The van der Waals surface area contributed by atoms with E-state index in [2.05, 4.69) is 41.3 Å². The SMILES string of the molecule is CCn1cc2cc(-c3ccc4cc(C5CCC5)sc4n3)cnc2n1. The third-order valence-corrected chi connectivity index (χ3v) is 6.14. The lowest BCUT2D eigenvalue weighted by molar-refractivity contribution is 0.426. The van der Waals surface area contributed by atoms with Gasteiger partial charge in [0, 0.05) is 40.2 Å². The summed E-state index contributed by atoms with van der Waals surface area (Å²) in [6, 6.07) is 8.76. The Bertz CT molecular complexity index is 1040. The van der Waals surface area contributed by atoms with Crippen molar-refractivity contribution in [3.05, 3.63) is 41.5 Å². The largest absolute Gasteiger partial charge is 0.270 e. The molecule has 4 nitrogen and oxygen atoms in total. The summed E-state index contributed by atoms with van der Waals surface area (Å²) in [7, 11) is 0. The highest BCUT2D eigenvalue weighted by Crippen LogP contribution is 2.41. The maximum absolute atomic E-state index is 4.89. The highest BCUT2D eigenvalue weighted by Gasteiger charge is 2.21. The summed E-state index contributed by atoms with van der Waals surface area (Å²) in [5, 5.41) is 6.77. The molecule has 5 heteroatoms. The van der Waals surface area contributed by atoms with E-state index in [0.29, 0.717) is 0 Å². The molecule has 0 spiro atoms. The van der Waals surface area contributed by atoms with Crippen molar-refractivity contribution < 1.29 is 0 Å². The van der Waals surface area contributed by atoms with Gasteiger partial charge in [-0.25, -0.2) is 9.97 Å². The van der Waals surface area contributed by atoms with Crippen molar-refractivity contribution in [2.75, 3.05) is 0 Å². The molecule has 0 unspecified atom stereocenters. The number of aromatic nitrogens is 4. The Labute approximate surface area is 144 Å². The summed E-state index contributed by atoms with van der Waals surface area (Å²) in [4.78, 5) is 12.0. The number of thiophene rings is 1. The minimum Gasteiger partial charge on any atom is -0.270 e. The van der Waals surface area contributed by atoms with Gasteiger partial charge in [-0.1, -0.05) is 6.42 Å². The molecule has 0 N–H and O–H groups in total. The van der Waals surface area contributed by atoms with E-state index >= 15 is 0 Å². The molecule has 24 heavy (non-hydrogen) atoms. The highest BCUT2D eigenvalue weighted by atomic mass is 32.1. The first-order valence-corrected chi connectivity index (χ1v) is 9.36. The highest BCUT2D eigenvalue weighted by molar-refractivity contribution is 7.18. The molecule has 4 aromatic rings. The lowest BCUT2D eigenvalue weighted by atomic mass is 9.84. The number of nitrogens with zero attached hydrogens (tertiary/aromatic N) is 4. The second-order valence-electron chi connectivity index (χ2n) is 6.49. The van der Waals surface area contributed by atoms with Gasteiger partial charge in [0.2, 0.25) is 0 Å². The van der Waals surface area contributed by atoms with Gasteiger partial charge in [0.15, 0.2) is 5.65 Å². The first kappa shape index (κ1) is 14.1. The van der Waals surface area contributed by atoms with E-state index in [1.54, 1.807) is 0 Å². The van der Waals surface area contributed by atoms with Gasteiger partial charge in [0.05, 0.1) is 5.69 Å². The summed E-state index contributed by atoms with van der Waals surface area (Å²) in [6.07, 6.45) is 7.96. The lowest BCUT2D eigenvalue weighted by Crippen LogP contribution is -2.06. The molecule has 1 fully saturated rings. The minimum absolute atomic E-state index is 0.769. The van der Waals surface area contributed by atoms with E-state index in [9.17, 15) is 0 Å². The van der Waals surface area contributed by atoms with Crippen LogP contribution in [0.2, 0.25) is 0 Å². The number of hydrogen-bond donors (Lipinski definition) is 0.